The van der Waals surface area contributed by atoms with Crippen molar-refractivity contribution in [1.82, 2.24) is 15.1 Å². The molecule has 0 saturated carbocycles. The molecule has 4 rings (SSSR count). The van der Waals surface area contributed by atoms with Crippen molar-refractivity contribution in [3.8, 4) is 23.0 Å². The van der Waals surface area contributed by atoms with E-state index in [2.05, 4.69) is 5.32 Å². The van der Waals surface area contributed by atoms with Gasteiger partial charge in [0, 0.05) is 19.5 Å². The number of carbonyl (C=O) groups excluding carboxylic acids is 3. The molecule has 1 fully saturated rings. The highest BCUT2D eigenvalue weighted by Gasteiger charge is 2.38. The predicted octanol–water partition coefficient (Wildman–Crippen LogP) is 2.51. The molecule has 0 spiro atoms. The molecule has 0 bridgehead atoms. The first-order valence-corrected chi connectivity index (χ1v) is 11.7. The number of hydrogen-bond acceptors (Lipinski definition) is 7. The molecule has 2 aromatic carbocycles. The van der Waals surface area contributed by atoms with E-state index in [0.29, 0.717) is 42.5 Å². The van der Waals surface area contributed by atoms with Gasteiger partial charge in [-0.1, -0.05) is 6.07 Å². The van der Waals surface area contributed by atoms with Gasteiger partial charge in [-0.2, -0.15) is 0 Å². The lowest BCUT2D eigenvalue weighted by Gasteiger charge is -2.30. The van der Waals surface area contributed by atoms with Crippen molar-refractivity contribution in [2.75, 3.05) is 35.0 Å². The van der Waals surface area contributed by atoms with E-state index in [1.807, 2.05) is 12.1 Å². The van der Waals surface area contributed by atoms with Gasteiger partial charge in [-0.15, -0.1) is 0 Å². The van der Waals surface area contributed by atoms with Crippen LogP contribution >= 0.6 is 0 Å². The number of rotatable bonds is 9. The fraction of sp³-hybridized carbons (Fsp3) is 0.423. The van der Waals surface area contributed by atoms with Crippen LogP contribution in [0.1, 0.15) is 29.5 Å². The molecule has 36 heavy (non-hydrogen) atoms. The van der Waals surface area contributed by atoms with Gasteiger partial charge in [0.1, 0.15) is 6.04 Å². The highest BCUT2D eigenvalue weighted by molar-refractivity contribution is 6.04. The van der Waals surface area contributed by atoms with Crippen molar-refractivity contribution in [2.24, 2.45) is 0 Å². The van der Waals surface area contributed by atoms with Crippen LogP contribution in [0.3, 0.4) is 0 Å². The van der Waals surface area contributed by atoms with Gasteiger partial charge in [-0.05, 0) is 53.8 Å². The van der Waals surface area contributed by atoms with Crippen molar-refractivity contribution in [3.63, 3.8) is 0 Å². The Hall–Kier alpha value is -3.95. The summed E-state index contributed by atoms with van der Waals surface area (Å²) in [5.41, 5.74) is 2.87. The third-order valence-electron chi connectivity index (χ3n) is 6.61. The maximum atomic E-state index is 12.9. The van der Waals surface area contributed by atoms with Crippen LogP contribution in [0, 0.1) is 0 Å². The highest BCUT2D eigenvalue weighted by atomic mass is 16.5. The Morgan fingerprint density at radius 3 is 2.22 bits per heavy atom. The predicted molar refractivity (Wildman–Crippen MR) is 130 cm³/mol. The molecular weight excluding hydrogens is 466 g/mol. The Bertz CT molecular complexity index is 1170. The first-order valence-electron chi connectivity index (χ1n) is 11.7. The van der Waals surface area contributed by atoms with Crippen LogP contribution in [0.5, 0.6) is 23.0 Å². The zero-order valence-corrected chi connectivity index (χ0v) is 21.0. The molecule has 1 saturated heterocycles. The number of urea groups is 1. The van der Waals surface area contributed by atoms with Crippen molar-refractivity contribution in [3.05, 3.63) is 47.0 Å². The summed E-state index contributed by atoms with van der Waals surface area (Å²) in [6, 6.07) is 7.89. The van der Waals surface area contributed by atoms with Gasteiger partial charge in [0.2, 0.25) is 5.91 Å². The Balaban J connectivity index is 1.35. The van der Waals surface area contributed by atoms with Gasteiger partial charge in [0.15, 0.2) is 23.0 Å². The second-order valence-electron chi connectivity index (χ2n) is 8.70. The van der Waals surface area contributed by atoms with Gasteiger partial charge in [-0.25, -0.2) is 4.79 Å². The molecule has 2 aliphatic rings. The Labute approximate surface area is 210 Å². The van der Waals surface area contributed by atoms with Crippen LogP contribution in [0.4, 0.5) is 4.79 Å². The Morgan fingerprint density at radius 2 is 1.56 bits per heavy atom. The second kappa shape index (κ2) is 10.8. The summed E-state index contributed by atoms with van der Waals surface area (Å²) in [4.78, 5) is 41.3. The summed E-state index contributed by atoms with van der Waals surface area (Å²) in [6.45, 7) is 1.15. The molecule has 2 heterocycles. The fourth-order valence-corrected chi connectivity index (χ4v) is 4.61. The molecular formula is C26H31N3O7. The lowest BCUT2D eigenvalue weighted by molar-refractivity contribution is -0.132. The lowest BCUT2D eigenvalue weighted by atomic mass is 9.98. The average Bonchev–Trinajstić information content (AvgIpc) is 3.17. The van der Waals surface area contributed by atoms with Crippen molar-refractivity contribution >= 4 is 17.8 Å². The van der Waals surface area contributed by atoms with Crippen LogP contribution < -0.4 is 24.3 Å². The maximum absolute atomic E-state index is 12.9. The summed E-state index contributed by atoms with van der Waals surface area (Å²) in [5, 5.41) is 2.71. The van der Waals surface area contributed by atoms with E-state index >= 15 is 0 Å². The number of hydrogen-bond donors (Lipinski definition) is 1. The molecule has 0 aliphatic carbocycles. The van der Waals surface area contributed by atoms with E-state index < -0.39 is 12.1 Å². The van der Waals surface area contributed by atoms with Crippen LogP contribution in [-0.2, 0) is 29.1 Å². The number of nitrogens with zero attached hydrogens (tertiary/aromatic N) is 2. The second-order valence-corrected chi connectivity index (χ2v) is 8.70. The Kier molecular flexibility index (Phi) is 7.52. The minimum absolute atomic E-state index is 0.0594. The molecule has 0 unspecified atom stereocenters. The number of amides is 4. The SMILES string of the molecule is COc1ccc(CN2C(=O)N[C@@H](CCC(=O)N3CCc4cc(OC)c(OC)cc4C3)C2=O)cc1OC. The summed E-state index contributed by atoms with van der Waals surface area (Å²) in [5.74, 6) is 1.97. The number of fused-ring (bicyclic) bond motifs is 1. The summed E-state index contributed by atoms with van der Waals surface area (Å²) >= 11 is 0. The van der Waals surface area contributed by atoms with Gasteiger partial charge >= 0.3 is 6.03 Å². The largest absolute Gasteiger partial charge is 0.493 e. The first-order chi connectivity index (χ1) is 17.4. The minimum Gasteiger partial charge on any atom is -0.493 e. The Morgan fingerprint density at radius 1 is 0.917 bits per heavy atom. The van der Waals surface area contributed by atoms with Crippen LogP contribution in [0.25, 0.3) is 0 Å². The molecule has 10 nitrogen and oxygen atoms in total. The minimum atomic E-state index is -0.733. The maximum Gasteiger partial charge on any atom is 0.325 e. The van der Waals surface area contributed by atoms with Crippen molar-refractivity contribution in [1.29, 1.82) is 0 Å². The topological polar surface area (TPSA) is 107 Å². The molecule has 1 atom stereocenters. The van der Waals surface area contributed by atoms with Gasteiger partial charge in [0.05, 0.1) is 35.0 Å². The molecule has 1 N–H and O–H groups in total. The van der Waals surface area contributed by atoms with Gasteiger partial charge in [-0.3, -0.25) is 14.5 Å². The number of ether oxygens (including phenoxy) is 4. The normalized spacial score (nSPS) is 16.9. The molecule has 10 heteroatoms. The highest BCUT2D eigenvalue weighted by Crippen LogP contribution is 2.33. The van der Waals surface area contributed by atoms with Gasteiger partial charge in [0.25, 0.3) is 5.91 Å². The average molecular weight is 498 g/mol. The third kappa shape index (κ3) is 5.02. The lowest BCUT2D eigenvalue weighted by Crippen LogP contribution is -2.37. The number of benzene rings is 2. The zero-order valence-electron chi connectivity index (χ0n) is 21.0. The molecule has 4 amide bonds. The molecule has 2 aromatic rings. The van der Waals surface area contributed by atoms with Crippen LogP contribution in [-0.4, -0.2) is 68.7 Å². The van der Waals surface area contributed by atoms with E-state index in [1.54, 1.807) is 37.3 Å². The number of methoxy groups -OCH3 is 4. The zero-order chi connectivity index (χ0) is 25.8. The molecule has 192 valence electrons. The molecule has 2 aliphatic heterocycles. The number of imide groups is 1. The van der Waals surface area contributed by atoms with E-state index in [0.717, 1.165) is 21.6 Å². The van der Waals surface area contributed by atoms with Gasteiger partial charge < -0.3 is 29.2 Å². The number of carbonyl (C=O) groups is 3. The van der Waals surface area contributed by atoms with Crippen LogP contribution in [0.2, 0.25) is 0 Å². The molecule has 0 radical (unpaired) electrons. The van der Waals surface area contributed by atoms with E-state index in [9.17, 15) is 14.4 Å². The quantitative estimate of drug-likeness (QED) is 0.531. The standard InChI is InChI=1S/C26H31N3O7/c1-33-20-7-5-16(11-21(20)34-2)14-29-25(31)19(27-26(29)32)6-8-24(30)28-10-9-17-12-22(35-3)23(36-4)13-18(17)15-28/h5,7,11-13,19H,6,8-10,14-15H2,1-4H3,(H,27,32)/t19-/m0/s1. The molecule has 0 aromatic heterocycles. The smallest absolute Gasteiger partial charge is 0.325 e. The summed E-state index contributed by atoms with van der Waals surface area (Å²) in [6.07, 6.45) is 1.10. The van der Waals surface area contributed by atoms with E-state index in [1.165, 1.54) is 14.2 Å². The summed E-state index contributed by atoms with van der Waals surface area (Å²) < 4.78 is 21.3. The first kappa shape index (κ1) is 25.2. The van der Waals surface area contributed by atoms with E-state index in [-0.39, 0.29) is 31.2 Å². The van der Waals surface area contributed by atoms with Crippen LogP contribution in [0.15, 0.2) is 30.3 Å². The van der Waals surface area contributed by atoms with Crippen molar-refractivity contribution < 1.29 is 33.3 Å². The number of nitrogens with one attached hydrogen (secondary N) is 1. The van der Waals surface area contributed by atoms with E-state index in [4.69, 9.17) is 18.9 Å². The monoisotopic (exact) mass is 497 g/mol. The third-order valence-corrected chi connectivity index (χ3v) is 6.61. The summed E-state index contributed by atoms with van der Waals surface area (Å²) in [7, 11) is 6.24. The fourth-order valence-electron chi connectivity index (χ4n) is 4.61. The van der Waals surface area contributed by atoms with Crippen molar-refractivity contribution in [2.45, 2.75) is 38.4 Å².